The smallest absolute Gasteiger partial charge is 0.214 e. The second kappa shape index (κ2) is 5.91. The van der Waals surface area contributed by atoms with Crippen molar-refractivity contribution in [1.29, 1.82) is 0 Å². The van der Waals surface area contributed by atoms with Gasteiger partial charge >= 0.3 is 0 Å². The highest BCUT2D eigenvalue weighted by Gasteiger charge is 2.30. The third kappa shape index (κ3) is 3.84. The lowest BCUT2D eigenvalue weighted by molar-refractivity contribution is 0.381. The lowest BCUT2D eigenvalue weighted by Crippen LogP contribution is -2.45. The van der Waals surface area contributed by atoms with E-state index < -0.39 is 10.0 Å². The summed E-state index contributed by atoms with van der Waals surface area (Å²) in [4.78, 5) is 0. The van der Waals surface area contributed by atoms with Crippen LogP contribution in [0.2, 0.25) is 0 Å². The van der Waals surface area contributed by atoms with Crippen LogP contribution < -0.4 is 5.32 Å². The Labute approximate surface area is 109 Å². The molecule has 4 nitrogen and oxygen atoms in total. The predicted octanol–water partition coefficient (Wildman–Crippen LogP) is 0.753. The van der Waals surface area contributed by atoms with Gasteiger partial charge in [0.2, 0.25) is 10.0 Å². The molecule has 1 N–H and O–H groups in total. The normalized spacial score (nSPS) is 32.5. The predicted molar refractivity (Wildman–Crippen MR) is 72.9 cm³/mol. The Morgan fingerprint density at radius 3 is 2.94 bits per heavy atom. The lowest BCUT2D eigenvalue weighted by atomic mass is 10.0. The molecule has 2 unspecified atom stereocenters. The molecule has 0 aliphatic carbocycles. The fraction of sp³-hybridized carbons (Fsp3) is 1.00. The Hall–Kier alpha value is 0.220. The van der Waals surface area contributed by atoms with Gasteiger partial charge in [-0.3, -0.25) is 0 Å². The maximum absolute atomic E-state index is 12.3. The fourth-order valence-corrected chi connectivity index (χ4v) is 5.64. The molecule has 0 aromatic heterocycles. The highest BCUT2D eigenvalue weighted by atomic mass is 32.2. The number of thioether (sulfide) groups is 1. The van der Waals surface area contributed by atoms with Crippen LogP contribution in [0.4, 0.5) is 0 Å². The first kappa shape index (κ1) is 13.6. The zero-order chi connectivity index (χ0) is 12.3. The Morgan fingerprint density at radius 2 is 2.29 bits per heavy atom. The van der Waals surface area contributed by atoms with Crippen molar-refractivity contribution in [2.45, 2.75) is 25.0 Å². The molecule has 0 radical (unpaired) electrons. The summed E-state index contributed by atoms with van der Waals surface area (Å²) in [5, 5.41) is 3.72. The molecule has 2 saturated heterocycles. The highest BCUT2D eigenvalue weighted by molar-refractivity contribution is 8.00. The average Bonchev–Trinajstić information content (AvgIpc) is 2.30. The van der Waals surface area contributed by atoms with Crippen molar-refractivity contribution in [2.24, 2.45) is 5.92 Å². The van der Waals surface area contributed by atoms with Crippen molar-refractivity contribution in [3.63, 3.8) is 0 Å². The maximum atomic E-state index is 12.3. The van der Waals surface area contributed by atoms with Gasteiger partial charge in [0, 0.05) is 24.1 Å². The van der Waals surface area contributed by atoms with Gasteiger partial charge in [0.1, 0.15) is 0 Å². The lowest BCUT2D eigenvalue weighted by Gasteiger charge is -2.32. The van der Waals surface area contributed by atoms with Gasteiger partial charge in [0.05, 0.1) is 5.75 Å². The number of hydrogen-bond donors (Lipinski definition) is 1. The molecule has 0 aromatic rings. The summed E-state index contributed by atoms with van der Waals surface area (Å²) in [6.45, 7) is 5.38. The Morgan fingerprint density at radius 1 is 1.47 bits per heavy atom. The van der Waals surface area contributed by atoms with Crippen LogP contribution in [-0.2, 0) is 10.0 Å². The summed E-state index contributed by atoms with van der Waals surface area (Å²) < 4.78 is 26.3. The van der Waals surface area contributed by atoms with E-state index in [4.69, 9.17) is 0 Å². The standard InChI is InChI=1S/C11H22N2O2S2/c1-10-8-13(5-6-16-10)17(14,15)9-11-3-2-4-12-7-11/h10-12H,2-9H2,1H3. The molecule has 0 saturated carbocycles. The summed E-state index contributed by atoms with van der Waals surface area (Å²) in [6, 6.07) is 0. The van der Waals surface area contributed by atoms with E-state index in [-0.39, 0.29) is 0 Å². The number of rotatable bonds is 3. The van der Waals surface area contributed by atoms with E-state index in [2.05, 4.69) is 12.2 Å². The van der Waals surface area contributed by atoms with Gasteiger partial charge in [-0.2, -0.15) is 16.1 Å². The monoisotopic (exact) mass is 278 g/mol. The fourth-order valence-electron chi connectivity index (χ4n) is 2.51. The van der Waals surface area contributed by atoms with Crippen molar-refractivity contribution >= 4 is 21.8 Å². The quantitative estimate of drug-likeness (QED) is 0.828. The zero-order valence-electron chi connectivity index (χ0n) is 10.4. The minimum Gasteiger partial charge on any atom is -0.316 e. The second-order valence-corrected chi connectivity index (χ2v) is 8.59. The molecule has 2 aliphatic heterocycles. The molecule has 2 atom stereocenters. The van der Waals surface area contributed by atoms with Crippen LogP contribution in [0.25, 0.3) is 0 Å². The van der Waals surface area contributed by atoms with Gasteiger partial charge in [-0.25, -0.2) is 8.42 Å². The minimum atomic E-state index is -3.04. The molecule has 6 heteroatoms. The van der Waals surface area contributed by atoms with Crippen LogP contribution >= 0.6 is 11.8 Å². The second-order valence-electron chi connectivity index (χ2n) is 5.03. The van der Waals surface area contributed by atoms with Gasteiger partial charge in [-0.05, 0) is 31.8 Å². The van der Waals surface area contributed by atoms with Crippen molar-refractivity contribution in [2.75, 3.05) is 37.7 Å². The third-order valence-corrected chi connectivity index (χ3v) is 6.59. The van der Waals surface area contributed by atoms with Crippen molar-refractivity contribution in [1.82, 2.24) is 9.62 Å². The van der Waals surface area contributed by atoms with E-state index in [0.29, 0.717) is 30.0 Å². The molecule has 2 rings (SSSR count). The largest absolute Gasteiger partial charge is 0.316 e. The highest BCUT2D eigenvalue weighted by Crippen LogP contribution is 2.22. The number of nitrogens with one attached hydrogen (secondary N) is 1. The molecular formula is C11H22N2O2S2. The first-order valence-corrected chi connectivity index (χ1v) is 9.04. The Balaban J connectivity index is 1.92. The van der Waals surface area contributed by atoms with Gasteiger partial charge in [0.25, 0.3) is 0 Å². The summed E-state index contributed by atoms with van der Waals surface area (Å²) >= 11 is 1.87. The molecular weight excluding hydrogens is 256 g/mol. The molecule has 0 spiro atoms. The van der Waals surface area contributed by atoms with E-state index in [1.807, 2.05) is 11.8 Å². The molecule has 100 valence electrons. The van der Waals surface area contributed by atoms with Gasteiger partial charge in [-0.1, -0.05) is 6.92 Å². The van der Waals surface area contributed by atoms with Gasteiger partial charge in [0.15, 0.2) is 0 Å². The molecule has 0 aromatic carbocycles. The molecule has 17 heavy (non-hydrogen) atoms. The van der Waals surface area contributed by atoms with Crippen LogP contribution in [-0.4, -0.2) is 55.7 Å². The molecule has 2 aliphatic rings. The first-order chi connectivity index (χ1) is 8.08. The molecule has 0 amide bonds. The summed E-state index contributed by atoms with van der Waals surface area (Å²) in [5.74, 6) is 1.57. The van der Waals surface area contributed by atoms with Crippen LogP contribution in [0.3, 0.4) is 0 Å². The van der Waals surface area contributed by atoms with Gasteiger partial charge in [-0.15, -0.1) is 0 Å². The van der Waals surface area contributed by atoms with Gasteiger partial charge < -0.3 is 5.32 Å². The number of piperidine rings is 1. The molecule has 2 heterocycles. The van der Waals surface area contributed by atoms with Crippen LogP contribution in [0.5, 0.6) is 0 Å². The van der Waals surface area contributed by atoms with E-state index in [0.717, 1.165) is 31.7 Å². The SMILES string of the molecule is CC1CN(S(=O)(=O)CC2CCCNC2)CCS1. The maximum Gasteiger partial charge on any atom is 0.214 e. The third-order valence-electron chi connectivity index (χ3n) is 3.44. The van der Waals surface area contributed by atoms with Crippen molar-refractivity contribution < 1.29 is 8.42 Å². The first-order valence-electron chi connectivity index (χ1n) is 6.38. The topological polar surface area (TPSA) is 49.4 Å². The van der Waals surface area contributed by atoms with E-state index in [1.165, 1.54) is 0 Å². The van der Waals surface area contributed by atoms with Crippen molar-refractivity contribution in [3.05, 3.63) is 0 Å². The summed E-state index contributed by atoms with van der Waals surface area (Å²) in [7, 11) is -3.04. The molecule has 0 bridgehead atoms. The van der Waals surface area contributed by atoms with E-state index in [1.54, 1.807) is 4.31 Å². The number of nitrogens with zero attached hydrogens (tertiary/aromatic N) is 1. The Bertz CT molecular complexity index is 339. The Kier molecular flexibility index (Phi) is 4.74. The minimum absolute atomic E-state index is 0.304. The summed E-state index contributed by atoms with van der Waals surface area (Å²) in [6.07, 6.45) is 2.15. The van der Waals surface area contributed by atoms with Crippen molar-refractivity contribution in [3.8, 4) is 0 Å². The van der Waals surface area contributed by atoms with E-state index >= 15 is 0 Å². The molecule has 2 fully saturated rings. The van der Waals surface area contributed by atoms with Crippen LogP contribution in [0, 0.1) is 5.92 Å². The van der Waals surface area contributed by atoms with Crippen LogP contribution in [0.1, 0.15) is 19.8 Å². The van der Waals surface area contributed by atoms with Crippen LogP contribution in [0.15, 0.2) is 0 Å². The summed E-state index contributed by atoms with van der Waals surface area (Å²) in [5.41, 5.74) is 0. The number of hydrogen-bond acceptors (Lipinski definition) is 4. The average molecular weight is 278 g/mol. The number of sulfonamides is 1. The van der Waals surface area contributed by atoms with E-state index in [9.17, 15) is 8.42 Å². The zero-order valence-corrected chi connectivity index (χ0v) is 12.0.